The summed E-state index contributed by atoms with van der Waals surface area (Å²) < 4.78 is 13.7. The van der Waals surface area contributed by atoms with E-state index in [9.17, 15) is 9.18 Å². The zero-order chi connectivity index (χ0) is 17.5. The minimum Gasteiger partial charge on any atom is -0.348 e. The van der Waals surface area contributed by atoms with Crippen molar-refractivity contribution in [2.24, 2.45) is 0 Å². The van der Waals surface area contributed by atoms with E-state index >= 15 is 0 Å². The van der Waals surface area contributed by atoms with E-state index in [1.54, 1.807) is 0 Å². The van der Waals surface area contributed by atoms with E-state index in [1.165, 1.54) is 28.7 Å². The first-order valence-electron chi connectivity index (χ1n) is 8.18. The molecule has 0 spiro atoms. The Morgan fingerprint density at radius 1 is 1.08 bits per heavy atom. The van der Waals surface area contributed by atoms with Crippen LogP contribution in [0.4, 0.5) is 4.39 Å². The number of amides is 1. The molecule has 0 heterocycles. The highest BCUT2D eigenvalue weighted by atomic mass is 35.5. The maximum atomic E-state index is 13.7. The second kappa shape index (κ2) is 8.81. The second-order valence-electron chi connectivity index (χ2n) is 5.76. The highest BCUT2D eigenvalue weighted by Crippen LogP contribution is 2.15. The molecule has 3 nitrogen and oxygen atoms in total. The summed E-state index contributed by atoms with van der Waals surface area (Å²) in [5, 5.41) is 3.06. The van der Waals surface area contributed by atoms with Crippen molar-refractivity contribution < 1.29 is 14.1 Å². The standard InChI is InChI=1S/C19H22ClFN2O/c1-3-23(4-2)13-15-7-5-14(6-8-15)12-22-19(24)17-11-16(20)9-10-18(17)21/h5-11H,3-4,12-13H2,1-2H3,(H,22,24)/p+1. The number of nitrogens with one attached hydrogen (secondary N) is 2. The minimum absolute atomic E-state index is 0.0377. The monoisotopic (exact) mass is 349 g/mol. The molecule has 2 aromatic carbocycles. The van der Waals surface area contributed by atoms with Gasteiger partial charge in [-0.2, -0.15) is 0 Å². The first kappa shape index (κ1) is 18.4. The zero-order valence-corrected chi connectivity index (χ0v) is 14.8. The molecule has 0 saturated heterocycles. The molecule has 128 valence electrons. The van der Waals surface area contributed by atoms with E-state index in [2.05, 4.69) is 31.3 Å². The molecule has 0 radical (unpaired) electrons. The molecule has 0 aliphatic heterocycles. The lowest BCUT2D eigenvalue weighted by atomic mass is 10.1. The van der Waals surface area contributed by atoms with Gasteiger partial charge in [0.05, 0.1) is 18.7 Å². The summed E-state index contributed by atoms with van der Waals surface area (Å²) in [5.74, 6) is -1.04. The number of halogens is 2. The van der Waals surface area contributed by atoms with Crippen LogP contribution in [0.15, 0.2) is 42.5 Å². The number of carbonyl (C=O) groups excluding carboxylic acids is 1. The van der Waals surface area contributed by atoms with Gasteiger partial charge in [-0.1, -0.05) is 35.9 Å². The van der Waals surface area contributed by atoms with Gasteiger partial charge < -0.3 is 10.2 Å². The largest absolute Gasteiger partial charge is 0.348 e. The van der Waals surface area contributed by atoms with Gasteiger partial charge >= 0.3 is 0 Å². The third-order valence-corrected chi connectivity index (χ3v) is 4.34. The summed E-state index contributed by atoms with van der Waals surface area (Å²) in [7, 11) is 0. The lowest BCUT2D eigenvalue weighted by Crippen LogP contribution is -3.10. The van der Waals surface area contributed by atoms with Crippen LogP contribution in [0.25, 0.3) is 0 Å². The number of benzene rings is 2. The Morgan fingerprint density at radius 3 is 2.33 bits per heavy atom. The van der Waals surface area contributed by atoms with Gasteiger partial charge in [-0.15, -0.1) is 0 Å². The Morgan fingerprint density at radius 2 is 1.71 bits per heavy atom. The van der Waals surface area contributed by atoms with Crippen LogP contribution in [-0.4, -0.2) is 19.0 Å². The lowest BCUT2D eigenvalue weighted by Gasteiger charge is -2.15. The summed E-state index contributed by atoms with van der Waals surface area (Å²) in [4.78, 5) is 13.6. The Balaban J connectivity index is 1.94. The van der Waals surface area contributed by atoms with Crippen molar-refractivity contribution in [3.05, 3.63) is 70.0 Å². The zero-order valence-electron chi connectivity index (χ0n) is 14.0. The Kier molecular flexibility index (Phi) is 6.76. The van der Waals surface area contributed by atoms with Gasteiger partial charge in [0.15, 0.2) is 0 Å². The van der Waals surface area contributed by atoms with E-state index in [0.29, 0.717) is 11.6 Å². The average Bonchev–Trinajstić information content (AvgIpc) is 2.60. The molecular weight excluding hydrogens is 327 g/mol. The molecule has 0 saturated carbocycles. The summed E-state index contributed by atoms with van der Waals surface area (Å²) in [6.07, 6.45) is 0. The molecule has 0 bridgehead atoms. The van der Waals surface area contributed by atoms with Crippen LogP contribution in [0.3, 0.4) is 0 Å². The Labute approximate surface area is 147 Å². The van der Waals surface area contributed by atoms with Gasteiger partial charge in [-0.05, 0) is 37.6 Å². The molecule has 0 fully saturated rings. The van der Waals surface area contributed by atoms with Crippen molar-refractivity contribution in [2.45, 2.75) is 26.9 Å². The number of carbonyl (C=O) groups is 1. The molecule has 0 aliphatic carbocycles. The topological polar surface area (TPSA) is 33.5 Å². The molecule has 5 heteroatoms. The van der Waals surface area contributed by atoms with Crippen LogP contribution < -0.4 is 10.2 Å². The molecule has 24 heavy (non-hydrogen) atoms. The summed E-state index contributed by atoms with van der Waals surface area (Å²) in [6.45, 7) is 7.89. The van der Waals surface area contributed by atoms with E-state index in [1.807, 2.05) is 12.1 Å². The van der Waals surface area contributed by atoms with Crippen molar-refractivity contribution >= 4 is 17.5 Å². The quantitative estimate of drug-likeness (QED) is 0.791. The SMILES string of the molecule is CC[NH+](CC)Cc1ccc(CNC(=O)c2cc(Cl)ccc2F)cc1. The van der Waals surface area contributed by atoms with Crippen LogP contribution in [0.5, 0.6) is 0 Å². The predicted molar refractivity (Wildman–Crippen MR) is 94.8 cm³/mol. The van der Waals surface area contributed by atoms with Crippen LogP contribution in [0.2, 0.25) is 5.02 Å². The molecule has 0 aliphatic rings. The van der Waals surface area contributed by atoms with Gasteiger partial charge in [-0.3, -0.25) is 4.79 Å². The normalized spacial score (nSPS) is 10.9. The predicted octanol–water partition coefficient (Wildman–Crippen LogP) is 2.83. The Hall–Kier alpha value is -1.91. The van der Waals surface area contributed by atoms with Crippen LogP contribution >= 0.6 is 11.6 Å². The number of hydrogen-bond acceptors (Lipinski definition) is 1. The molecule has 0 aromatic heterocycles. The van der Waals surface area contributed by atoms with Crippen LogP contribution in [0.1, 0.15) is 35.3 Å². The minimum atomic E-state index is -0.575. The van der Waals surface area contributed by atoms with E-state index in [4.69, 9.17) is 11.6 Å². The maximum Gasteiger partial charge on any atom is 0.254 e. The first-order chi connectivity index (χ1) is 11.5. The van der Waals surface area contributed by atoms with E-state index < -0.39 is 11.7 Å². The smallest absolute Gasteiger partial charge is 0.254 e. The molecule has 0 unspecified atom stereocenters. The fourth-order valence-electron chi connectivity index (χ4n) is 2.51. The highest BCUT2D eigenvalue weighted by molar-refractivity contribution is 6.30. The van der Waals surface area contributed by atoms with Gasteiger partial charge in [0.2, 0.25) is 0 Å². The summed E-state index contributed by atoms with van der Waals surface area (Å²) in [5.41, 5.74) is 2.21. The van der Waals surface area contributed by atoms with Crippen LogP contribution in [-0.2, 0) is 13.1 Å². The maximum absolute atomic E-state index is 13.7. The summed E-state index contributed by atoms with van der Waals surface area (Å²) in [6, 6.07) is 12.1. The van der Waals surface area contributed by atoms with E-state index in [-0.39, 0.29) is 5.56 Å². The van der Waals surface area contributed by atoms with Crippen molar-refractivity contribution in [3.8, 4) is 0 Å². The lowest BCUT2D eigenvalue weighted by molar-refractivity contribution is -0.910. The van der Waals surface area contributed by atoms with Crippen molar-refractivity contribution in [2.75, 3.05) is 13.1 Å². The van der Waals surface area contributed by atoms with Crippen molar-refractivity contribution in [1.82, 2.24) is 5.32 Å². The summed E-state index contributed by atoms with van der Waals surface area (Å²) >= 11 is 5.81. The fraction of sp³-hybridized carbons (Fsp3) is 0.316. The number of hydrogen-bond donors (Lipinski definition) is 2. The highest BCUT2D eigenvalue weighted by Gasteiger charge is 2.12. The molecule has 1 amide bonds. The first-order valence-corrected chi connectivity index (χ1v) is 8.55. The number of rotatable bonds is 7. The third kappa shape index (κ3) is 5.05. The van der Waals surface area contributed by atoms with Gasteiger partial charge in [0.1, 0.15) is 12.4 Å². The Bertz CT molecular complexity index is 684. The molecule has 2 N–H and O–H groups in total. The van der Waals surface area contributed by atoms with Crippen molar-refractivity contribution in [1.29, 1.82) is 0 Å². The third-order valence-electron chi connectivity index (χ3n) is 4.10. The molecule has 2 aromatic rings. The van der Waals surface area contributed by atoms with Crippen molar-refractivity contribution in [3.63, 3.8) is 0 Å². The fourth-order valence-corrected chi connectivity index (χ4v) is 2.68. The van der Waals surface area contributed by atoms with Gasteiger partial charge in [0.25, 0.3) is 5.91 Å². The molecular formula is C19H23ClFN2O+. The second-order valence-corrected chi connectivity index (χ2v) is 6.19. The number of quaternary nitrogens is 1. The van der Waals surface area contributed by atoms with Gasteiger partial charge in [-0.25, -0.2) is 4.39 Å². The van der Waals surface area contributed by atoms with Gasteiger partial charge in [0, 0.05) is 17.1 Å². The van der Waals surface area contributed by atoms with Crippen LogP contribution in [0, 0.1) is 5.82 Å². The average molecular weight is 350 g/mol. The van der Waals surface area contributed by atoms with E-state index in [0.717, 1.165) is 25.2 Å². The molecule has 2 rings (SSSR count). The molecule has 0 atom stereocenters.